The van der Waals surface area contributed by atoms with Crippen molar-refractivity contribution >= 4 is 30.5 Å². The molecule has 0 spiro atoms. The van der Waals surface area contributed by atoms with Crippen LogP contribution in [0.15, 0.2) is 42.9 Å². The number of imidazole rings is 1. The van der Waals surface area contributed by atoms with E-state index in [9.17, 15) is 5.11 Å². The van der Waals surface area contributed by atoms with Gasteiger partial charge in [0, 0.05) is 0 Å². The molecule has 3 rings (SSSR count). The first-order valence-electron chi connectivity index (χ1n) is 5.59. The Bertz CT molecular complexity index is 691. The molecule has 0 aliphatic heterocycles. The summed E-state index contributed by atoms with van der Waals surface area (Å²) in [7, 11) is 0. The predicted molar refractivity (Wildman–Crippen MR) is 71.3 cm³/mol. The summed E-state index contributed by atoms with van der Waals surface area (Å²) in [6, 6.07) is 7.20. The Hall–Kier alpha value is -1.56. The Morgan fingerprint density at radius 3 is 2.72 bits per heavy atom. The molecule has 18 heavy (non-hydrogen) atoms. The van der Waals surface area contributed by atoms with Gasteiger partial charge in [-0.3, -0.25) is 0 Å². The Labute approximate surface area is 115 Å². The molecule has 0 amide bonds. The van der Waals surface area contributed by atoms with Crippen LogP contribution in [0.3, 0.4) is 0 Å². The summed E-state index contributed by atoms with van der Waals surface area (Å²) in [6.07, 6.45) is 5.53. The molecule has 0 saturated heterocycles. The summed E-state index contributed by atoms with van der Waals surface area (Å²) in [5, 5.41) is 9.34. The number of rotatable bonds is 2. The fourth-order valence-corrected chi connectivity index (χ4v) is 4.44. The molecule has 2 heterocycles. The number of phenols is 1. The van der Waals surface area contributed by atoms with Crippen LogP contribution in [0.1, 0.15) is 0 Å². The molecule has 0 unspecified atom stereocenters. The van der Waals surface area contributed by atoms with Gasteiger partial charge in [0.15, 0.2) is 0 Å². The fourth-order valence-electron chi connectivity index (χ4n) is 1.97. The zero-order valence-corrected chi connectivity index (χ0v) is 12.7. The van der Waals surface area contributed by atoms with Crippen molar-refractivity contribution in [2.45, 2.75) is 4.94 Å². The van der Waals surface area contributed by atoms with Gasteiger partial charge in [0.05, 0.1) is 0 Å². The predicted octanol–water partition coefficient (Wildman–Crippen LogP) is 1.48. The van der Waals surface area contributed by atoms with Crippen molar-refractivity contribution < 1.29 is 5.11 Å². The standard InChI is InChI=1S/C12H8N3O.CH3.Sn/c16-10-3-1-9(2-4-10)11-8-15-6-5-13-7-12(15)14-11;;/h1-7,16H;1H3;. The van der Waals surface area contributed by atoms with Crippen LogP contribution in [0.4, 0.5) is 0 Å². The molecule has 2 aromatic heterocycles. The number of fused-ring (bicyclic) bond motifs is 1. The van der Waals surface area contributed by atoms with Gasteiger partial charge in [-0.25, -0.2) is 0 Å². The van der Waals surface area contributed by atoms with E-state index in [1.165, 1.54) is 3.71 Å². The van der Waals surface area contributed by atoms with E-state index < -0.39 is 21.1 Å². The Morgan fingerprint density at radius 1 is 1.22 bits per heavy atom. The van der Waals surface area contributed by atoms with Gasteiger partial charge in [-0.05, 0) is 0 Å². The van der Waals surface area contributed by atoms with E-state index in [0.717, 1.165) is 16.9 Å². The number of nitrogens with zero attached hydrogens (tertiary/aromatic N) is 3. The fraction of sp³-hybridized carbons (Fsp3) is 0.0769. The van der Waals surface area contributed by atoms with Crippen molar-refractivity contribution in [1.29, 1.82) is 0 Å². The number of hydrogen-bond donors (Lipinski definition) is 1. The van der Waals surface area contributed by atoms with Gasteiger partial charge in [-0.2, -0.15) is 0 Å². The molecule has 5 heteroatoms. The van der Waals surface area contributed by atoms with Crippen LogP contribution in [-0.2, 0) is 0 Å². The van der Waals surface area contributed by atoms with Crippen LogP contribution in [0, 0.1) is 0 Å². The summed E-state index contributed by atoms with van der Waals surface area (Å²) in [6.45, 7) is 0. The van der Waals surface area contributed by atoms with Crippen molar-refractivity contribution in [3.05, 3.63) is 42.9 Å². The van der Waals surface area contributed by atoms with Gasteiger partial charge in [0.2, 0.25) is 0 Å². The molecule has 2 radical (unpaired) electrons. The monoisotopic (exact) mass is 345 g/mol. The third kappa shape index (κ3) is 1.86. The quantitative estimate of drug-likeness (QED) is 0.717. The second kappa shape index (κ2) is 4.60. The maximum absolute atomic E-state index is 9.34. The molecular weight excluding hydrogens is 333 g/mol. The average molecular weight is 344 g/mol. The van der Waals surface area contributed by atoms with E-state index in [1.54, 1.807) is 24.5 Å². The minimum absolute atomic E-state index is 0.280. The van der Waals surface area contributed by atoms with Gasteiger partial charge in [0.25, 0.3) is 0 Å². The summed E-state index contributed by atoms with van der Waals surface area (Å²) in [5.74, 6) is 0.280. The third-order valence-corrected chi connectivity index (χ3v) is 5.52. The van der Waals surface area contributed by atoms with E-state index in [1.807, 2.05) is 18.3 Å². The molecule has 1 N–H and O–H groups in total. The van der Waals surface area contributed by atoms with E-state index in [0.29, 0.717) is 0 Å². The zero-order chi connectivity index (χ0) is 12.5. The second-order valence-electron chi connectivity index (χ2n) is 3.91. The number of hydrogen-bond acceptors (Lipinski definition) is 3. The van der Waals surface area contributed by atoms with Crippen LogP contribution < -0.4 is 3.71 Å². The number of phenolic OH excluding ortho intramolecular Hbond substituents is 1. The second-order valence-corrected chi connectivity index (χ2v) is 6.69. The maximum atomic E-state index is 9.34. The van der Waals surface area contributed by atoms with Crippen LogP contribution in [0.25, 0.3) is 16.9 Å². The molecule has 0 aliphatic rings. The molecule has 0 aliphatic carbocycles. The van der Waals surface area contributed by atoms with Gasteiger partial charge in [-0.15, -0.1) is 0 Å². The molecule has 88 valence electrons. The molecule has 0 saturated carbocycles. The van der Waals surface area contributed by atoms with Crippen LogP contribution >= 0.6 is 0 Å². The number of aromatic nitrogens is 3. The van der Waals surface area contributed by atoms with Crippen LogP contribution in [0.5, 0.6) is 5.75 Å². The SMILES string of the molecule is [CH3][Sn][c]1c(-c2ccc(O)cc2)nc2cnccn12. The Morgan fingerprint density at radius 2 is 2.00 bits per heavy atom. The number of benzene rings is 1. The molecule has 4 nitrogen and oxygen atoms in total. The topological polar surface area (TPSA) is 50.4 Å². The van der Waals surface area contributed by atoms with Crippen molar-refractivity contribution in [1.82, 2.24) is 14.4 Å². The van der Waals surface area contributed by atoms with E-state index in [-0.39, 0.29) is 5.75 Å². The summed E-state index contributed by atoms with van der Waals surface area (Å²) in [4.78, 5) is 11.0. The van der Waals surface area contributed by atoms with Gasteiger partial charge in [-0.1, -0.05) is 0 Å². The summed E-state index contributed by atoms with van der Waals surface area (Å²) in [5.41, 5.74) is 2.96. The Kier molecular flexibility index (Phi) is 2.95. The molecular formula is C13H11N3OSn. The van der Waals surface area contributed by atoms with E-state index in [4.69, 9.17) is 0 Å². The number of aromatic hydroxyl groups is 1. The van der Waals surface area contributed by atoms with Crippen molar-refractivity contribution in [3.63, 3.8) is 0 Å². The van der Waals surface area contributed by atoms with E-state index >= 15 is 0 Å². The van der Waals surface area contributed by atoms with Crippen LogP contribution in [-0.4, -0.2) is 40.6 Å². The van der Waals surface area contributed by atoms with Gasteiger partial charge < -0.3 is 0 Å². The van der Waals surface area contributed by atoms with Gasteiger partial charge in [0.1, 0.15) is 0 Å². The zero-order valence-electron chi connectivity index (χ0n) is 9.83. The minimum atomic E-state index is -0.641. The average Bonchev–Trinajstić information content (AvgIpc) is 2.78. The third-order valence-electron chi connectivity index (χ3n) is 2.81. The summed E-state index contributed by atoms with van der Waals surface area (Å²) >= 11 is -0.641. The Balaban J connectivity index is 2.25. The molecule has 0 bridgehead atoms. The molecule has 0 fully saturated rings. The van der Waals surface area contributed by atoms with Crippen LogP contribution in [0.2, 0.25) is 4.94 Å². The normalized spacial score (nSPS) is 10.9. The van der Waals surface area contributed by atoms with Crippen molar-refractivity contribution in [2.75, 3.05) is 0 Å². The molecule has 0 atom stereocenters. The van der Waals surface area contributed by atoms with Crippen molar-refractivity contribution in [3.8, 4) is 17.0 Å². The van der Waals surface area contributed by atoms with Gasteiger partial charge >= 0.3 is 115 Å². The summed E-state index contributed by atoms with van der Waals surface area (Å²) < 4.78 is 3.45. The first-order valence-corrected chi connectivity index (χ1v) is 9.87. The first-order chi connectivity index (χ1) is 8.79. The van der Waals surface area contributed by atoms with Crippen molar-refractivity contribution in [2.24, 2.45) is 0 Å². The van der Waals surface area contributed by atoms with E-state index in [2.05, 4.69) is 19.3 Å². The first kappa shape index (κ1) is 11.5. The molecule has 3 aromatic rings. The molecule has 1 aromatic carbocycles.